The third kappa shape index (κ3) is 6.84. The van der Waals surface area contributed by atoms with Crippen LogP contribution in [0, 0.1) is 0 Å². The molecule has 0 radical (unpaired) electrons. The zero-order valence-electron chi connectivity index (χ0n) is 9.63. The number of sulfonamides is 1. The fraction of sp³-hybridized carbons (Fsp3) is 0.300. The summed E-state index contributed by atoms with van der Waals surface area (Å²) in [6.07, 6.45) is 0. The van der Waals surface area contributed by atoms with Crippen molar-refractivity contribution >= 4 is 16.1 Å². The van der Waals surface area contributed by atoms with Gasteiger partial charge < -0.3 is 5.32 Å². The molecule has 0 fully saturated rings. The Hall–Kier alpha value is -1.64. The zero-order valence-corrected chi connectivity index (χ0v) is 10.4. The van der Waals surface area contributed by atoms with Crippen LogP contribution in [0.15, 0.2) is 30.3 Å². The minimum Gasteiger partial charge on any atom is -0.335 e. The van der Waals surface area contributed by atoms with Crippen LogP contribution in [-0.4, -0.2) is 26.7 Å². The summed E-state index contributed by atoms with van der Waals surface area (Å²) in [6.45, 7) is 0.156. The Morgan fingerprint density at radius 2 is 1.94 bits per heavy atom. The first kappa shape index (κ1) is 14.4. The topological polar surface area (TPSA) is 111 Å². The lowest BCUT2D eigenvalue weighted by Crippen LogP contribution is -2.38. The van der Waals surface area contributed by atoms with Crippen LogP contribution in [0.4, 0.5) is 4.79 Å². The standard InChI is InChI=1S/C10H15N3O4S/c11-18(15,16)7-6-12-10(14)13-17-8-9-4-2-1-3-5-9/h1-5H,6-8H2,(H2,11,15,16)(H2,12,13,14). The van der Waals surface area contributed by atoms with Crippen molar-refractivity contribution in [3.8, 4) is 0 Å². The predicted octanol–water partition coefficient (Wildman–Crippen LogP) is -0.294. The SMILES string of the molecule is NS(=O)(=O)CCNC(=O)NOCc1ccccc1. The Kier molecular flexibility index (Phi) is 5.56. The monoisotopic (exact) mass is 273 g/mol. The van der Waals surface area contributed by atoms with Crippen LogP contribution in [-0.2, 0) is 21.5 Å². The molecular weight excluding hydrogens is 258 g/mol. The molecule has 1 aromatic carbocycles. The van der Waals surface area contributed by atoms with E-state index in [2.05, 4.69) is 10.8 Å². The van der Waals surface area contributed by atoms with Crippen molar-refractivity contribution in [1.82, 2.24) is 10.8 Å². The average Bonchev–Trinajstić information content (AvgIpc) is 2.28. The van der Waals surface area contributed by atoms with Gasteiger partial charge in [-0.1, -0.05) is 30.3 Å². The molecule has 1 aromatic rings. The van der Waals surface area contributed by atoms with Crippen LogP contribution >= 0.6 is 0 Å². The van der Waals surface area contributed by atoms with Gasteiger partial charge in [0.1, 0.15) is 0 Å². The fourth-order valence-corrected chi connectivity index (χ4v) is 1.49. The first-order chi connectivity index (χ1) is 8.47. The molecule has 0 aliphatic carbocycles. The van der Waals surface area contributed by atoms with Crippen molar-refractivity contribution < 1.29 is 18.0 Å². The van der Waals surface area contributed by atoms with Gasteiger partial charge >= 0.3 is 6.03 Å². The van der Waals surface area contributed by atoms with Crippen molar-refractivity contribution in [2.45, 2.75) is 6.61 Å². The maximum Gasteiger partial charge on any atom is 0.338 e. The molecule has 4 N–H and O–H groups in total. The molecule has 18 heavy (non-hydrogen) atoms. The summed E-state index contributed by atoms with van der Waals surface area (Å²) >= 11 is 0. The highest BCUT2D eigenvalue weighted by molar-refractivity contribution is 7.89. The number of amides is 2. The van der Waals surface area contributed by atoms with Gasteiger partial charge in [-0.05, 0) is 5.56 Å². The highest BCUT2D eigenvalue weighted by atomic mass is 32.2. The molecule has 0 heterocycles. The van der Waals surface area contributed by atoms with Crippen molar-refractivity contribution in [1.29, 1.82) is 0 Å². The number of hydroxylamine groups is 1. The van der Waals surface area contributed by atoms with Gasteiger partial charge in [0.05, 0.1) is 12.4 Å². The summed E-state index contributed by atoms with van der Waals surface area (Å²) in [5.74, 6) is -0.320. The lowest BCUT2D eigenvalue weighted by molar-refractivity contribution is 0.0493. The summed E-state index contributed by atoms with van der Waals surface area (Å²) in [4.78, 5) is 16.1. The minimum atomic E-state index is -3.57. The third-order valence-electron chi connectivity index (χ3n) is 1.92. The van der Waals surface area contributed by atoms with Gasteiger partial charge in [0.25, 0.3) is 0 Å². The number of nitrogens with two attached hydrogens (primary N) is 1. The maximum absolute atomic E-state index is 11.1. The minimum absolute atomic E-state index is 0.0701. The van der Waals surface area contributed by atoms with Crippen molar-refractivity contribution in [2.24, 2.45) is 5.14 Å². The molecule has 0 spiro atoms. The molecule has 0 aliphatic heterocycles. The number of rotatable bonds is 6. The van der Waals surface area contributed by atoms with E-state index < -0.39 is 16.1 Å². The number of primary sulfonamides is 1. The van der Waals surface area contributed by atoms with Crippen molar-refractivity contribution in [3.63, 3.8) is 0 Å². The molecule has 0 unspecified atom stereocenters. The van der Waals surface area contributed by atoms with Gasteiger partial charge in [0, 0.05) is 6.54 Å². The van der Waals surface area contributed by atoms with E-state index >= 15 is 0 Å². The number of benzene rings is 1. The largest absolute Gasteiger partial charge is 0.338 e. The van der Waals surface area contributed by atoms with Crippen LogP contribution in [0.3, 0.4) is 0 Å². The second kappa shape index (κ2) is 6.94. The van der Waals surface area contributed by atoms with Gasteiger partial charge in [-0.3, -0.25) is 4.84 Å². The van der Waals surface area contributed by atoms with Crippen LogP contribution < -0.4 is 15.9 Å². The average molecular weight is 273 g/mol. The van der Waals surface area contributed by atoms with Crippen molar-refractivity contribution in [3.05, 3.63) is 35.9 Å². The molecule has 0 saturated heterocycles. The second-order valence-electron chi connectivity index (χ2n) is 3.50. The Morgan fingerprint density at radius 1 is 1.28 bits per heavy atom. The predicted molar refractivity (Wildman–Crippen MR) is 65.7 cm³/mol. The van der Waals surface area contributed by atoms with Crippen LogP contribution in [0.5, 0.6) is 0 Å². The van der Waals surface area contributed by atoms with Gasteiger partial charge in [-0.2, -0.15) is 0 Å². The normalized spacial score (nSPS) is 10.9. The number of carbonyl (C=O) groups excluding carboxylic acids is 1. The van der Waals surface area contributed by atoms with E-state index in [1.165, 1.54) is 0 Å². The molecule has 0 bridgehead atoms. The lowest BCUT2D eigenvalue weighted by atomic mass is 10.2. The maximum atomic E-state index is 11.1. The molecule has 0 saturated carbocycles. The Bertz CT molecular complexity index is 475. The lowest BCUT2D eigenvalue weighted by Gasteiger charge is -2.07. The summed E-state index contributed by atoms with van der Waals surface area (Å²) in [7, 11) is -3.57. The summed E-state index contributed by atoms with van der Waals surface area (Å²) in [5, 5.41) is 7.06. The Morgan fingerprint density at radius 3 is 2.56 bits per heavy atom. The smallest absolute Gasteiger partial charge is 0.335 e. The molecule has 2 amide bonds. The Labute approximate surface area is 105 Å². The summed E-state index contributed by atoms with van der Waals surface area (Å²) in [6, 6.07) is 8.66. The van der Waals surface area contributed by atoms with E-state index in [1.54, 1.807) is 0 Å². The number of carbonyl (C=O) groups is 1. The van der Waals surface area contributed by atoms with E-state index in [0.717, 1.165) is 5.56 Å². The van der Waals surface area contributed by atoms with E-state index in [0.29, 0.717) is 0 Å². The molecule has 0 aromatic heterocycles. The second-order valence-corrected chi connectivity index (χ2v) is 5.23. The highest BCUT2D eigenvalue weighted by Crippen LogP contribution is 1.98. The van der Waals surface area contributed by atoms with E-state index in [4.69, 9.17) is 9.98 Å². The number of nitrogens with one attached hydrogen (secondary N) is 2. The van der Waals surface area contributed by atoms with Crippen LogP contribution in [0.25, 0.3) is 0 Å². The van der Waals surface area contributed by atoms with Crippen molar-refractivity contribution in [2.75, 3.05) is 12.3 Å². The Balaban J connectivity index is 2.14. The summed E-state index contributed by atoms with van der Waals surface area (Å²) in [5.41, 5.74) is 3.04. The number of urea groups is 1. The number of hydrogen-bond acceptors (Lipinski definition) is 4. The molecular formula is C10H15N3O4S. The first-order valence-electron chi connectivity index (χ1n) is 5.17. The molecule has 7 nitrogen and oxygen atoms in total. The van der Waals surface area contributed by atoms with E-state index in [-0.39, 0.29) is 18.9 Å². The third-order valence-corrected chi connectivity index (χ3v) is 2.69. The molecule has 0 atom stereocenters. The highest BCUT2D eigenvalue weighted by Gasteiger charge is 2.04. The molecule has 1 rings (SSSR count). The summed E-state index contributed by atoms with van der Waals surface area (Å²) < 4.78 is 21.2. The quantitative estimate of drug-likeness (QED) is 0.618. The zero-order chi connectivity index (χ0) is 13.4. The van der Waals surface area contributed by atoms with Gasteiger partial charge in [0.15, 0.2) is 0 Å². The van der Waals surface area contributed by atoms with E-state index in [9.17, 15) is 13.2 Å². The molecule has 0 aliphatic rings. The first-order valence-corrected chi connectivity index (χ1v) is 6.89. The van der Waals surface area contributed by atoms with E-state index in [1.807, 2.05) is 30.3 Å². The molecule has 100 valence electrons. The van der Waals surface area contributed by atoms with Gasteiger partial charge in [0.2, 0.25) is 10.0 Å². The van der Waals surface area contributed by atoms with Gasteiger partial charge in [-0.15, -0.1) is 0 Å². The van der Waals surface area contributed by atoms with Gasteiger partial charge in [-0.25, -0.2) is 23.8 Å². The molecule has 8 heteroatoms. The van der Waals surface area contributed by atoms with Crippen LogP contribution in [0.2, 0.25) is 0 Å². The van der Waals surface area contributed by atoms with Crippen LogP contribution in [0.1, 0.15) is 5.56 Å². The number of hydrogen-bond donors (Lipinski definition) is 3. The fourth-order valence-electron chi connectivity index (χ4n) is 1.10.